The van der Waals surface area contributed by atoms with Gasteiger partial charge in [0.15, 0.2) is 0 Å². The summed E-state index contributed by atoms with van der Waals surface area (Å²) in [5.74, 6) is -0.286. The van der Waals surface area contributed by atoms with Gasteiger partial charge >= 0.3 is 0 Å². The first-order valence-electron chi connectivity index (χ1n) is 4.83. The van der Waals surface area contributed by atoms with Crippen LogP contribution in [0.25, 0.3) is 0 Å². The van der Waals surface area contributed by atoms with Gasteiger partial charge in [-0.2, -0.15) is 0 Å². The Bertz CT molecular complexity index is 224. The highest BCUT2D eigenvalue weighted by atomic mass is 16.3. The summed E-state index contributed by atoms with van der Waals surface area (Å²) in [6.07, 6.45) is 2.18. The van der Waals surface area contributed by atoms with Gasteiger partial charge in [0.25, 0.3) is 0 Å². The molecule has 2 fully saturated rings. The van der Waals surface area contributed by atoms with E-state index in [2.05, 4.69) is 10.6 Å². The molecule has 13 heavy (non-hydrogen) atoms. The van der Waals surface area contributed by atoms with E-state index in [9.17, 15) is 9.90 Å². The van der Waals surface area contributed by atoms with Crippen LogP contribution in [0.4, 0.5) is 0 Å². The van der Waals surface area contributed by atoms with E-state index in [1.54, 1.807) is 6.92 Å². The molecule has 3 N–H and O–H groups in total. The van der Waals surface area contributed by atoms with Crippen molar-refractivity contribution in [2.45, 2.75) is 31.4 Å². The van der Waals surface area contributed by atoms with E-state index in [1.165, 1.54) is 0 Å². The summed E-state index contributed by atoms with van der Waals surface area (Å²) in [6, 6.07) is 0.379. The maximum Gasteiger partial charge on any atom is 0.227 e. The van der Waals surface area contributed by atoms with E-state index in [0.29, 0.717) is 19.1 Å². The van der Waals surface area contributed by atoms with E-state index < -0.39 is 5.60 Å². The molecule has 2 rings (SSSR count). The van der Waals surface area contributed by atoms with Gasteiger partial charge in [-0.15, -0.1) is 0 Å². The number of hydrogen-bond acceptors (Lipinski definition) is 3. The Kier molecular flexibility index (Phi) is 2.04. The topological polar surface area (TPSA) is 61.4 Å². The van der Waals surface area contributed by atoms with Crippen molar-refractivity contribution in [3.8, 4) is 0 Å². The van der Waals surface area contributed by atoms with Crippen LogP contribution in [0.1, 0.15) is 19.8 Å². The average molecular weight is 184 g/mol. The Hall–Kier alpha value is -0.610. The number of rotatable bonds is 2. The molecular weight excluding hydrogens is 168 g/mol. The summed E-state index contributed by atoms with van der Waals surface area (Å²) in [5, 5.41) is 15.8. The molecule has 2 atom stereocenters. The van der Waals surface area contributed by atoms with Crippen LogP contribution in [0.3, 0.4) is 0 Å². The number of carbonyl (C=O) groups is 1. The van der Waals surface area contributed by atoms with E-state index in [4.69, 9.17) is 0 Å². The van der Waals surface area contributed by atoms with Crippen molar-refractivity contribution in [2.24, 2.45) is 5.92 Å². The molecule has 4 nitrogen and oxygen atoms in total. The lowest BCUT2D eigenvalue weighted by atomic mass is 9.92. The predicted octanol–water partition coefficient (Wildman–Crippen LogP) is -0.765. The molecule has 2 aliphatic rings. The Morgan fingerprint density at radius 3 is 2.77 bits per heavy atom. The van der Waals surface area contributed by atoms with Gasteiger partial charge < -0.3 is 15.7 Å². The van der Waals surface area contributed by atoms with Crippen molar-refractivity contribution in [1.82, 2.24) is 10.6 Å². The monoisotopic (exact) mass is 184 g/mol. The standard InChI is InChI=1S/C9H16N2O2/c1-9(13)5-10-4-7(9)8(12)11-6-2-3-6/h6-7,10,13H,2-5H2,1H3,(H,11,12)/t7-,9+/m1/s1. The van der Waals surface area contributed by atoms with Gasteiger partial charge in [0.05, 0.1) is 11.5 Å². The molecule has 1 saturated heterocycles. The summed E-state index contributed by atoms with van der Waals surface area (Å²) in [4.78, 5) is 11.6. The summed E-state index contributed by atoms with van der Waals surface area (Å²) in [5.41, 5.74) is -0.876. The van der Waals surface area contributed by atoms with Crippen LogP contribution >= 0.6 is 0 Å². The lowest BCUT2D eigenvalue weighted by Crippen LogP contribution is -2.44. The largest absolute Gasteiger partial charge is 0.388 e. The fraction of sp³-hybridized carbons (Fsp3) is 0.889. The minimum absolute atomic E-state index is 0.00231. The molecule has 0 radical (unpaired) electrons. The number of aliphatic hydroxyl groups is 1. The quantitative estimate of drug-likeness (QED) is 0.528. The van der Waals surface area contributed by atoms with Gasteiger partial charge in [0, 0.05) is 19.1 Å². The summed E-state index contributed by atoms with van der Waals surface area (Å²) in [6.45, 7) is 2.81. The number of β-amino-alcohol motifs (C(OH)–C–C–N with tert-alkyl or cyclic N) is 1. The summed E-state index contributed by atoms with van der Waals surface area (Å²) >= 11 is 0. The predicted molar refractivity (Wildman–Crippen MR) is 48.1 cm³/mol. The highest BCUT2D eigenvalue weighted by molar-refractivity contribution is 5.81. The molecule has 1 heterocycles. The maximum atomic E-state index is 11.6. The first-order valence-corrected chi connectivity index (χ1v) is 4.83. The molecule has 1 aliphatic heterocycles. The van der Waals surface area contributed by atoms with E-state index >= 15 is 0 Å². The van der Waals surface area contributed by atoms with Crippen molar-refractivity contribution in [3.63, 3.8) is 0 Å². The van der Waals surface area contributed by atoms with Crippen molar-refractivity contribution in [1.29, 1.82) is 0 Å². The van der Waals surface area contributed by atoms with Crippen molar-refractivity contribution >= 4 is 5.91 Å². The van der Waals surface area contributed by atoms with Crippen molar-refractivity contribution in [2.75, 3.05) is 13.1 Å². The van der Waals surface area contributed by atoms with Gasteiger partial charge in [0.2, 0.25) is 5.91 Å². The van der Waals surface area contributed by atoms with Gasteiger partial charge in [-0.3, -0.25) is 4.79 Å². The molecule has 0 aromatic rings. The van der Waals surface area contributed by atoms with Crippen molar-refractivity contribution in [3.05, 3.63) is 0 Å². The van der Waals surface area contributed by atoms with E-state index in [0.717, 1.165) is 12.8 Å². The first-order chi connectivity index (χ1) is 6.09. The second kappa shape index (κ2) is 2.96. The van der Waals surface area contributed by atoms with E-state index in [1.807, 2.05) is 0 Å². The van der Waals surface area contributed by atoms with Crippen LogP contribution in [0.15, 0.2) is 0 Å². The van der Waals surface area contributed by atoms with Crippen LogP contribution < -0.4 is 10.6 Å². The number of amides is 1. The van der Waals surface area contributed by atoms with Crippen molar-refractivity contribution < 1.29 is 9.90 Å². The normalized spacial score (nSPS) is 39.1. The Morgan fingerprint density at radius 1 is 1.62 bits per heavy atom. The molecule has 0 bridgehead atoms. The molecule has 1 amide bonds. The number of carbonyl (C=O) groups excluding carboxylic acids is 1. The molecule has 0 aromatic heterocycles. The lowest BCUT2D eigenvalue weighted by Gasteiger charge is -2.23. The first kappa shape index (κ1) is 8.97. The van der Waals surface area contributed by atoms with Gasteiger partial charge in [-0.05, 0) is 19.8 Å². The van der Waals surface area contributed by atoms with Gasteiger partial charge in [-0.25, -0.2) is 0 Å². The van der Waals surface area contributed by atoms with Crippen LogP contribution in [0.5, 0.6) is 0 Å². The summed E-state index contributed by atoms with van der Waals surface area (Å²) < 4.78 is 0. The zero-order valence-electron chi connectivity index (χ0n) is 7.84. The number of hydrogen-bond donors (Lipinski definition) is 3. The molecule has 1 saturated carbocycles. The molecule has 0 spiro atoms. The van der Waals surface area contributed by atoms with Crippen LogP contribution in [-0.4, -0.2) is 35.7 Å². The summed E-state index contributed by atoms with van der Waals surface area (Å²) in [7, 11) is 0. The zero-order chi connectivity index (χ0) is 9.47. The third-order valence-electron chi connectivity index (χ3n) is 2.82. The second-order valence-corrected chi connectivity index (χ2v) is 4.32. The highest BCUT2D eigenvalue weighted by Crippen LogP contribution is 2.24. The SMILES string of the molecule is C[C@]1(O)CNC[C@@H]1C(=O)NC1CC1. The Balaban J connectivity index is 1.94. The van der Waals surface area contributed by atoms with E-state index in [-0.39, 0.29) is 11.8 Å². The Morgan fingerprint density at radius 2 is 2.31 bits per heavy atom. The molecule has 4 heteroatoms. The minimum Gasteiger partial charge on any atom is -0.388 e. The fourth-order valence-electron chi connectivity index (χ4n) is 1.72. The molecule has 0 unspecified atom stereocenters. The molecule has 74 valence electrons. The molecule has 1 aliphatic carbocycles. The van der Waals surface area contributed by atoms with Crippen LogP contribution in [-0.2, 0) is 4.79 Å². The fourth-order valence-corrected chi connectivity index (χ4v) is 1.72. The van der Waals surface area contributed by atoms with Crippen LogP contribution in [0, 0.1) is 5.92 Å². The Labute approximate surface area is 77.7 Å². The number of nitrogens with one attached hydrogen (secondary N) is 2. The maximum absolute atomic E-state index is 11.6. The second-order valence-electron chi connectivity index (χ2n) is 4.32. The van der Waals surface area contributed by atoms with Crippen LogP contribution in [0.2, 0.25) is 0 Å². The molecular formula is C9H16N2O2. The average Bonchev–Trinajstić information content (AvgIpc) is 2.75. The lowest BCUT2D eigenvalue weighted by molar-refractivity contribution is -0.130. The third kappa shape index (κ3) is 1.84. The van der Waals surface area contributed by atoms with Gasteiger partial charge in [0.1, 0.15) is 0 Å². The zero-order valence-corrected chi connectivity index (χ0v) is 7.84. The highest BCUT2D eigenvalue weighted by Gasteiger charge is 2.42. The minimum atomic E-state index is -0.876. The molecule has 0 aromatic carbocycles. The smallest absolute Gasteiger partial charge is 0.227 e. The van der Waals surface area contributed by atoms with Gasteiger partial charge in [-0.1, -0.05) is 0 Å². The third-order valence-corrected chi connectivity index (χ3v) is 2.82.